The largest absolute Gasteiger partial charge is 0.435 e. The summed E-state index contributed by atoms with van der Waals surface area (Å²) in [4.78, 5) is 10.7. The number of carbonyl (C=O) groups excluding carboxylic acids is 1. The minimum absolute atomic E-state index is 0.138. The molecule has 288 valence electrons. The Labute approximate surface area is 311 Å². The van der Waals surface area contributed by atoms with E-state index in [-0.39, 0.29) is 32.6 Å². The summed E-state index contributed by atoms with van der Waals surface area (Å²) in [5, 5.41) is 12.4. The van der Waals surface area contributed by atoms with Crippen LogP contribution < -0.4 is 9.86 Å². The van der Waals surface area contributed by atoms with E-state index in [1.165, 1.54) is 48.5 Å². The number of aryl methyl sites for hydroxylation is 2. The Kier molecular flexibility index (Phi) is 11.1. The van der Waals surface area contributed by atoms with Gasteiger partial charge in [0, 0.05) is 18.1 Å². The normalized spacial score (nSPS) is 12.2. The number of carbonyl (C=O) groups is 1. The molecule has 0 atom stereocenters. The fourth-order valence-electron chi connectivity index (χ4n) is 5.08. The number of primary sulfonamides is 1. The van der Waals surface area contributed by atoms with Crippen molar-refractivity contribution < 1.29 is 48.0 Å². The summed E-state index contributed by atoms with van der Waals surface area (Å²) in [7, 11) is -7.95. The van der Waals surface area contributed by atoms with Crippen LogP contribution in [-0.4, -0.2) is 42.3 Å². The summed E-state index contributed by atoms with van der Waals surface area (Å²) in [5.41, 5.74) is 1.84. The van der Waals surface area contributed by atoms with Gasteiger partial charge in [0.1, 0.15) is 0 Å². The minimum Gasteiger partial charge on any atom is -0.274 e. The first-order valence-electron chi connectivity index (χ1n) is 15.8. The van der Waals surface area contributed by atoms with Gasteiger partial charge in [-0.15, -0.1) is 0 Å². The maximum absolute atomic E-state index is 13.2. The molecule has 0 aliphatic rings. The van der Waals surface area contributed by atoms with Crippen LogP contribution in [0.4, 0.5) is 26.3 Å². The molecule has 0 saturated heterocycles. The van der Waals surface area contributed by atoms with E-state index in [0.29, 0.717) is 11.1 Å². The van der Waals surface area contributed by atoms with Crippen LogP contribution in [0.15, 0.2) is 119 Å². The molecule has 55 heavy (non-hydrogen) atoms. The van der Waals surface area contributed by atoms with Crippen molar-refractivity contribution in [2.75, 3.05) is 0 Å². The first-order valence-corrected chi connectivity index (χ1v) is 18.8. The van der Waals surface area contributed by atoms with Crippen LogP contribution in [0.5, 0.6) is 0 Å². The zero-order valence-electron chi connectivity index (χ0n) is 28.9. The standard InChI is InChI=1S/C19H16F3N3O3S.C17H14F3N3O2S/c1-12-3-5-14(6-4-12)17-11-18(19(20,21)22)23-25(17)15-7-9-16(10-8-15)29(27,28)24-13(2)26;1-11-2-4-12(5-3-11)15-10-16(17(18,19)20)22-23(15)13-6-8-14(9-7-13)26(21,24)25/h3-11H,1-2H3,(H,24,26);2-10H,1H3,(H2,21,24,25). The Morgan fingerprint density at radius 2 is 0.945 bits per heavy atom. The summed E-state index contributed by atoms with van der Waals surface area (Å²) in [5.74, 6) is -0.752. The minimum atomic E-state index is -4.64. The molecule has 4 aromatic carbocycles. The molecule has 0 unspecified atom stereocenters. The fraction of sp³-hybridized carbons (Fsp3) is 0.139. The van der Waals surface area contributed by atoms with Crippen molar-refractivity contribution in [2.24, 2.45) is 5.14 Å². The second kappa shape index (κ2) is 15.2. The molecular formula is C36H30F6N6O5S2. The first kappa shape index (κ1) is 40.4. The lowest BCUT2D eigenvalue weighted by Crippen LogP contribution is -2.28. The monoisotopic (exact) mass is 804 g/mol. The van der Waals surface area contributed by atoms with Crippen molar-refractivity contribution >= 4 is 26.0 Å². The van der Waals surface area contributed by atoms with Gasteiger partial charge in [-0.25, -0.2) is 36.1 Å². The third-order valence-corrected chi connectivity index (χ3v) is 10.2. The van der Waals surface area contributed by atoms with Crippen LogP contribution in [0, 0.1) is 13.8 Å². The molecule has 11 nitrogen and oxygen atoms in total. The predicted octanol–water partition coefficient (Wildman–Crippen LogP) is 7.21. The third kappa shape index (κ3) is 9.66. The van der Waals surface area contributed by atoms with E-state index in [4.69, 9.17) is 5.14 Å². The molecule has 19 heteroatoms. The lowest BCUT2D eigenvalue weighted by atomic mass is 10.1. The van der Waals surface area contributed by atoms with E-state index in [0.717, 1.165) is 39.5 Å². The lowest BCUT2D eigenvalue weighted by Gasteiger charge is -2.10. The Hall–Kier alpha value is -5.79. The van der Waals surface area contributed by atoms with E-state index in [2.05, 4.69) is 10.2 Å². The van der Waals surface area contributed by atoms with Gasteiger partial charge in [0.15, 0.2) is 11.4 Å². The summed E-state index contributed by atoms with van der Waals surface area (Å²) < 4.78 is 130. The van der Waals surface area contributed by atoms with Crippen molar-refractivity contribution in [3.8, 4) is 33.9 Å². The van der Waals surface area contributed by atoms with Crippen LogP contribution in [0.1, 0.15) is 29.4 Å². The molecule has 0 fully saturated rings. The SMILES string of the molecule is CC(=O)NS(=O)(=O)c1ccc(-n2nc(C(F)(F)F)cc2-c2ccc(C)cc2)cc1.Cc1ccc(-c2cc(C(F)(F)F)nn2-c2ccc(S(N)(=O)=O)cc2)cc1. The molecule has 0 bridgehead atoms. The topological polar surface area (TPSA) is 159 Å². The van der Waals surface area contributed by atoms with Crippen LogP contribution in [-0.2, 0) is 37.2 Å². The molecule has 2 aromatic heterocycles. The second-order valence-corrected chi connectivity index (χ2v) is 15.3. The van der Waals surface area contributed by atoms with E-state index in [1.807, 2.05) is 18.6 Å². The highest BCUT2D eigenvalue weighted by atomic mass is 32.2. The zero-order valence-corrected chi connectivity index (χ0v) is 30.5. The van der Waals surface area contributed by atoms with Crippen molar-refractivity contribution in [3.05, 3.63) is 132 Å². The molecule has 0 aliphatic carbocycles. The molecule has 3 N–H and O–H groups in total. The predicted molar refractivity (Wildman–Crippen MR) is 190 cm³/mol. The number of alkyl halides is 6. The summed E-state index contributed by atoms with van der Waals surface area (Å²) >= 11 is 0. The molecule has 0 aliphatic heterocycles. The number of amides is 1. The van der Waals surface area contributed by atoms with Gasteiger partial charge in [0.25, 0.3) is 10.0 Å². The average molecular weight is 805 g/mol. The van der Waals surface area contributed by atoms with Gasteiger partial charge < -0.3 is 0 Å². The molecule has 0 radical (unpaired) electrons. The van der Waals surface area contributed by atoms with Crippen LogP contribution in [0.3, 0.4) is 0 Å². The number of hydrogen-bond donors (Lipinski definition) is 2. The number of hydrogen-bond acceptors (Lipinski definition) is 7. The van der Waals surface area contributed by atoms with Gasteiger partial charge in [-0.1, -0.05) is 59.7 Å². The van der Waals surface area contributed by atoms with Crippen molar-refractivity contribution in [3.63, 3.8) is 0 Å². The van der Waals surface area contributed by atoms with Gasteiger partial charge in [-0.05, 0) is 74.5 Å². The van der Waals surface area contributed by atoms with Crippen LogP contribution in [0.2, 0.25) is 0 Å². The summed E-state index contributed by atoms with van der Waals surface area (Å²) in [6.07, 6.45) is -9.25. The number of sulfonamides is 2. The number of rotatable bonds is 7. The second-order valence-electron chi connectivity index (χ2n) is 12.1. The average Bonchev–Trinajstić information content (AvgIpc) is 3.75. The molecule has 2 heterocycles. The van der Waals surface area contributed by atoms with Gasteiger partial charge in [-0.2, -0.15) is 36.5 Å². The van der Waals surface area contributed by atoms with Crippen molar-refractivity contribution in [2.45, 2.75) is 42.9 Å². The molecular weight excluding hydrogens is 775 g/mol. The maximum Gasteiger partial charge on any atom is 0.435 e. The fourth-order valence-corrected chi connectivity index (χ4v) is 6.59. The molecule has 0 saturated carbocycles. The highest BCUT2D eigenvalue weighted by Crippen LogP contribution is 2.35. The Balaban J connectivity index is 0.000000212. The van der Waals surface area contributed by atoms with Gasteiger partial charge >= 0.3 is 12.4 Å². The quantitative estimate of drug-likeness (QED) is 0.162. The highest BCUT2D eigenvalue weighted by molar-refractivity contribution is 7.90. The van der Waals surface area contributed by atoms with Gasteiger partial charge in [0.2, 0.25) is 15.9 Å². The number of nitrogens with two attached hydrogens (primary N) is 1. The van der Waals surface area contributed by atoms with E-state index in [1.54, 1.807) is 48.5 Å². The first-order chi connectivity index (χ1) is 25.5. The van der Waals surface area contributed by atoms with Gasteiger partial charge in [0.05, 0.1) is 32.6 Å². The van der Waals surface area contributed by atoms with E-state index < -0.39 is 49.7 Å². The number of halogens is 6. The third-order valence-electron chi connectivity index (χ3n) is 7.77. The number of nitrogens with zero attached hydrogens (tertiary/aromatic N) is 4. The lowest BCUT2D eigenvalue weighted by molar-refractivity contribution is -0.142. The highest BCUT2D eigenvalue weighted by Gasteiger charge is 2.36. The van der Waals surface area contributed by atoms with E-state index >= 15 is 0 Å². The van der Waals surface area contributed by atoms with E-state index in [9.17, 15) is 48.0 Å². The Morgan fingerprint density at radius 3 is 1.25 bits per heavy atom. The molecule has 6 rings (SSSR count). The molecule has 0 spiro atoms. The van der Waals surface area contributed by atoms with Crippen molar-refractivity contribution in [1.82, 2.24) is 24.3 Å². The maximum atomic E-state index is 13.2. The zero-order chi connectivity index (χ0) is 40.5. The smallest absolute Gasteiger partial charge is 0.274 e. The summed E-state index contributed by atoms with van der Waals surface area (Å²) in [6, 6.07) is 25.9. The Morgan fingerprint density at radius 1 is 0.600 bits per heavy atom. The van der Waals surface area contributed by atoms with Gasteiger partial charge in [-0.3, -0.25) is 4.79 Å². The molecule has 6 aromatic rings. The van der Waals surface area contributed by atoms with Crippen LogP contribution in [0.25, 0.3) is 33.9 Å². The number of nitrogens with one attached hydrogen (secondary N) is 1. The number of benzene rings is 4. The Bertz CT molecular complexity index is 2550. The molecule has 1 amide bonds. The summed E-state index contributed by atoms with van der Waals surface area (Å²) in [6.45, 7) is 4.78. The number of aromatic nitrogens is 4. The van der Waals surface area contributed by atoms with Crippen molar-refractivity contribution in [1.29, 1.82) is 0 Å². The van der Waals surface area contributed by atoms with Crippen LogP contribution >= 0.6 is 0 Å².